The predicted molar refractivity (Wildman–Crippen MR) is 81.1 cm³/mol. The molecule has 6 heteroatoms. The van der Waals surface area contributed by atoms with Gasteiger partial charge in [-0.15, -0.1) is 0 Å². The summed E-state index contributed by atoms with van der Waals surface area (Å²) in [5.41, 5.74) is 0.797. The van der Waals surface area contributed by atoms with Gasteiger partial charge in [-0.3, -0.25) is 5.10 Å². The number of hydrogen-bond acceptors (Lipinski definition) is 3. The van der Waals surface area contributed by atoms with Crippen molar-refractivity contribution >= 4 is 22.5 Å². The summed E-state index contributed by atoms with van der Waals surface area (Å²) in [6, 6.07) is 13.5. The highest BCUT2D eigenvalue weighted by atomic mass is 16.2. The molecular weight excluding hydrogens is 266 g/mol. The van der Waals surface area contributed by atoms with Gasteiger partial charge in [0, 0.05) is 18.4 Å². The number of amides is 2. The van der Waals surface area contributed by atoms with E-state index in [0.717, 1.165) is 22.3 Å². The van der Waals surface area contributed by atoms with Crippen LogP contribution in [-0.4, -0.2) is 27.8 Å². The summed E-state index contributed by atoms with van der Waals surface area (Å²) in [5, 5.41) is 14.3. The number of aromatic nitrogens is 3. The van der Waals surface area contributed by atoms with E-state index in [1.54, 1.807) is 0 Å². The number of aromatic amines is 1. The number of H-pyrrole nitrogens is 1. The van der Waals surface area contributed by atoms with Crippen LogP contribution in [0.5, 0.6) is 0 Å². The maximum absolute atomic E-state index is 11.9. The number of carbonyl (C=O) groups excluding carboxylic acids is 1. The lowest BCUT2D eigenvalue weighted by Gasteiger charge is -2.09. The van der Waals surface area contributed by atoms with Crippen LogP contribution in [0, 0.1) is 0 Å². The van der Waals surface area contributed by atoms with Crippen molar-refractivity contribution in [3.05, 3.63) is 54.6 Å². The van der Waals surface area contributed by atoms with Crippen LogP contribution >= 0.6 is 0 Å². The third kappa shape index (κ3) is 3.17. The maximum Gasteiger partial charge on any atom is 0.319 e. The molecule has 0 fully saturated rings. The Morgan fingerprint density at radius 3 is 2.86 bits per heavy atom. The lowest BCUT2D eigenvalue weighted by molar-refractivity contribution is 0.252. The number of benzene rings is 2. The highest BCUT2D eigenvalue weighted by Gasteiger charge is 2.05. The van der Waals surface area contributed by atoms with E-state index in [1.807, 2.05) is 42.5 Å². The zero-order valence-electron chi connectivity index (χ0n) is 11.3. The molecule has 0 spiro atoms. The van der Waals surface area contributed by atoms with Gasteiger partial charge in [-0.05, 0) is 11.5 Å². The second-order valence-electron chi connectivity index (χ2n) is 4.59. The van der Waals surface area contributed by atoms with Crippen LogP contribution in [0.1, 0.15) is 5.82 Å². The molecule has 0 unspecified atom stereocenters. The number of rotatable bonds is 4. The minimum atomic E-state index is -0.231. The smallest absolute Gasteiger partial charge is 0.319 e. The molecule has 0 aliphatic rings. The van der Waals surface area contributed by atoms with Gasteiger partial charge in [-0.2, -0.15) is 5.10 Å². The van der Waals surface area contributed by atoms with Crippen LogP contribution in [0.3, 0.4) is 0 Å². The highest BCUT2D eigenvalue weighted by molar-refractivity contribution is 6.01. The van der Waals surface area contributed by atoms with Gasteiger partial charge in [0.25, 0.3) is 0 Å². The van der Waals surface area contributed by atoms with Crippen molar-refractivity contribution in [1.82, 2.24) is 20.5 Å². The topological polar surface area (TPSA) is 82.7 Å². The summed E-state index contributed by atoms with van der Waals surface area (Å²) in [6.07, 6.45) is 2.06. The molecule has 0 bridgehead atoms. The molecule has 106 valence electrons. The maximum atomic E-state index is 11.9. The van der Waals surface area contributed by atoms with Crippen molar-refractivity contribution < 1.29 is 4.79 Å². The van der Waals surface area contributed by atoms with Gasteiger partial charge >= 0.3 is 6.03 Å². The van der Waals surface area contributed by atoms with E-state index in [1.165, 1.54) is 6.33 Å². The van der Waals surface area contributed by atoms with Crippen LogP contribution in [-0.2, 0) is 6.42 Å². The van der Waals surface area contributed by atoms with Gasteiger partial charge in [-0.1, -0.05) is 36.4 Å². The van der Waals surface area contributed by atoms with Crippen LogP contribution in [0.2, 0.25) is 0 Å². The predicted octanol–water partition coefficient (Wildman–Crippen LogP) is 2.32. The molecule has 0 radical (unpaired) electrons. The van der Waals surface area contributed by atoms with Crippen LogP contribution in [0.4, 0.5) is 10.5 Å². The van der Waals surface area contributed by atoms with Crippen molar-refractivity contribution in [3.63, 3.8) is 0 Å². The fourth-order valence-electron chi connectivity index (χ4n) is 2.15. The molecule has 0 saturated heterocycles. The Labute approximate surface area is 121 Å². The summed E-state index contributed by atoms with van der Waals surface area (Å²) in [6.45, 7) is 0.492. The molecule has 1 aromatic heterocycles. The highest BCUT2D eigenvalue weighted by Crippen LogP contribution is 2.22. The first-order valence-corrected chi connectivity index (χ1v) is 6.70. The molecule has 2 aromatic carbocycles. The van der Waals surface area contributed by atoms with E-state index >= 15 is 0 Å². The Hall–Kier alpha value is -2.89. The van der Waals surface area contributed by atoms with E-state index in [9.17, 15) is 4.79 Å². The minimum Gasteiger partial charge on any atom is -0.337 e. The Balaban J connectivity index is 1.61. The lowest BCUT2D eigenvalue weighted by atomic mass is 10.1. The SMILES string of the molecule is O=C(NCCc1ncn[nH]1)Nc1cccc2ccccc12. The molecule has 0 aliphatic heterocycles. The van der Waals surface area contributed by atoms with Gasteiger partial charge in [0.2, 0.25) is 0 Å². The van der Waals surface area contributed by atoms with Crippen LogP contribution in [0.25, 0.3) is 10.8 Å². The fourth-order valence-corrected chi connectivity index (χ4v) is 2.15. The van der Waals surface area contributed by atoms with Gasteiger partial charge in [0.1, 0.15) is 12.2 Å². The Morgan fingerprint density at radius 1 is 1.14 bits per heavy atom. The first-order valence-electron chi connectivity index (χ1n) is 6.70. The summed E-state index contributed by atoms with van der Waals surface area (Å²) >= 11 is 0. The summed E-state index contributed by atoms with van der Waals surface area (Å²) in [7, 11) is 0. The van der Waals surface area contributed by atoms with E-state index in [-0.39, 0.29) is 6.03 Å². The standard InChI is InChI=1S/C15H15N5O/c21-15(16-9-8-14-17-10-18-20-14)19-13-7-3-5-11-4-1-2-6-12(11)13/h1-7,10H,8-9H2,(H2,16,19,21)(H,17,18,20). The average molecular weight is 281 g/mol. The van der Waals surface area contributed by atoms with Crippen molar-refractivity contribution in [2.24, 2.45) is 0 Å². The third-order valence-electron chi connectivity index (χ3n) is 3.15. The van der Waals surface area contributed by atoms with Crippen molar-refractivity contribution in [2.45, 2.75) is 6.42 Å². The first kappa shape index (κ1) is 13.1. The van der Waals surface area contributed by atoms with Crippen molar-refractivity contribution in [2.75, 3.05) is 11.9 Å². The molecule has 3 aromatic rings. The van der Waals surface area contributed by atoms with Gasteiger partial charge in [-0.25, -0.2) is 9.78 Å². The number of hydrogen-bond donors (Lipinski definition) is 3. The Bertz CT molecular complexity index is 733. The van der Waals surface area contributed by atoms with Crippen molar-refractivity contribution in [1.29, 1.82) is 0 Å². The summed E-state index contributed by atoms with van der Waals surface area (Å²) < 4.78 is 0. The third-order valence-corrected chi connectivity index (χ3v) is 3.15. The Kier molecular flexibility index (Phi) is 3.77. The molecule has 6 nitrogen and oxygen atoms in total. The lowest BCUT2D eigenvalue weighted by Crippen LogP contribution is -2.30. The molecule has 3 rings (SSSR count). The minimum absolute atomic E-state index is 0.231. The monoisotopic (exact) mass is 281 g/mol. The zero-order valence-corrected chi connectivity index (χ0v) is 11.3. The summed E-state index contributed by atoms with van der Waals surface area (Å²) in [5.74, 6) is 0.750. The molecular formula is C15H15N5O. The van der Waals surface area contributed by atoms with Gasteiger partial charge in [0.15, 0.2) is 0 Å². The zero-order chi connectivity index (χ0) is 14.5. The molecule has 0 aliphatic carbocycles. The van der Waals surface area contributed by atoms with Crippen molar-refractivity contribution in [3.8, 4) is 0 Å². The second kappa shape index (κ2) is 6.04. The number of urea groups is 1. The molecule has 0 saturated carbocycles. The largest absolute Gasteiger partial charge is 0.337 e. The second-order valence-corrected chi connectivity index (χ2v) is 4.59. The van der Waals surface area contributed by atoms with Crippen LogP contribution in [0.15, 0.2) is 48.8 Å². The Morgan fingerprint density at radius 2 is 2.00 bits per heavy atom. The number of carbonyl (C=O) groups is 1. The van der Waals surface area contributed by atoms with E-state index in [4.69, 9.17) is 0 Å². The van der Waals surface area contributed by atoms with Gasteiger partial charge in [0.05, 0.1) is 5.69 Å². The summed E-state index contributed by atoms with van der Waals surface area (Å²) in [4.78, 5) is 15.9. The number of nitrogens with zero attached hydrogens (tertiary/aromatic N) is 2. The average Bonchev–Trinajstić information content (AvgIpc) is 3.01. The fraction of sp³-hybridized carbons (Fsp3) is 0.133. The quantitative estimate of drug-likeness (QED) is 0.686. The first-order chi connectivity index (χ1) is 10.3. The van der Waals surface area contributed by atoms with Gasteiger partial charge < -0.3 is 10.6 Å². The molecule has 21 heavy (non-hydrogen) atoms. The van der Waals surface area contributed by atoms with E-state index < -0.39 is 0 Å². The normalized spacial score (nSPS) is 10.5. The number of anilines is 1. The molecule has 3 N–H and O–H groups in total. The number of fused-ring (bicyclic) bond motifs is 1. The molecule has 0 atom stereocenters. The molecule has 1 heterocycles. The molecule has 2 amide bonds. The number of nitrogens with one attached hydrogen (secondary N) is 3. The van der Waals surface area contributed by atoms with E-state index in [2.05, 4.69) is 25.8 Å². The van der Waals surface area contributed by atoms with E-state index in [0.29, 0.717) is 13.0 Å². The van der Waals surface area contributed by atoms with Crippen LogP contribution < -0.4 is 10.6 Å².